The molecule has 2 fully saturated rings. The molecule has 0 spiro atoms. The van der Waals surface area contributed by atoms with E-state index in [1.54, 1.807) is 11.6 Å². The molecule has 0 radical (unpaired) electrons. The number of nitrogens with one attached hydrogen (secondary N) is 2. The van der Waals surface area contributed by atoms with Crippen LogP contribution in [0.3, 0.4) is 0 Å². The van der Waals surface area contributed by atoms with Crippen molar-refractivity contribution < 1.29 is 32.7 Å². The zero-order valence-electron chi connectivity index (χ0n) is 18.1. The van der Waals surface area contributed by atoms with Crippen molar-refractivity contribution in [1.82, 2.24) is 15.4 Å². The van der Waals surface area contributed by atoms with Gasteiger partial charge in [-0.2, -0.15) is 0 Å². The number of benzene rings is 1. The van der Waals surface area contributed by atoms with Gasteiger partial charge in [0, 0.05) is 43.7 Å². The highest BCUT2D eigenvalue weighted by Gasteiger charge is 2.34. The van der Waals surface area contributed by atoms with Crippen molar-refractivity contribution in [1.29, 1.82) is 0 Å². The van der Waals surface area contributed by atoms with Gasteiger partial charge < -0.3 is 15.0 Å². The van der Waals surface area contributed by atoms with Gasteiger partial charge in [0.25, 0.3) is 0 Å². The molecule has 2 aliphatic rings. The summed E-state index contributed by atoms with van der Waals surface area (Å²) < 4.78 is 35.2. The summed E-state index contributed by atoms with van der Waals surface area (Å²) >= 11 is 1.25. The number of hydroxylamine groups is 2. The Morgan fingerprint density at radius 2 is 2.00 bits per heavy atom. The Balaban J connectivity index is 1.42. The molecule has 1 atom stereocenters. The fourth-order valence-electron chi connectivity index (χ4n) is 3.58. The number of thiazole rings is 1. The van der Waals surface area contributed by atoms with Gasteiger partial charge in [0.1, 0.15) is 11.8 Å². The average Bonchev–Trinajstić information content (AvgIpc) is 3.35. The second-order valence-corrected chi connectivity index (χ2v) is 8.40. The zero-order valence-corrected chi connectivity index (χ0v) is 18.9. The van der Waals surface area contributed by atoms with Crippen LogP contribution in [0.4, 0.5) is 34.9 Å². The van der Waals surface area contributed by atoms with Crippen LogP contribution < -0.4 is 20.4 Å². The molecular formula is C20H22F2N6O5S. The molecule has 0 unspecified atom stereocenters. The van der Waals surface area contributed by atoms with Crippen molar-refractivity contribution >= 4 is 45.9 Å². The maximum absolute atomic E-state index is 15.0. The number of carbonyl (C=O) groups excluding carboxylic acids is 3. The number of nitrogens with zero attached hydrogens (tertiary/aromatic N) is 4. The summed E-state index contributed by atoms with van der Waals surface area (Å²) in [5.41, 5.74) is -0.276. The highest BCUT2D eigenvalue weighted by atomic mass is 32.1. The smallest absolute Gasteiger partial charge is 0.414 e. The first-order valence-corrected chi connectivity index (χ1v) is 11.3. The molecule has 4 amide bonds. The van der Waals surface area contributed by atoms with Crippen LogP contribution in [-0.2, 0) is 14.4 Å². The molecule has 34 heavy (non-hydrogen) atoms. The Hall–Kier alpha value is -3.52. The largest absolute Gasteiger partial charge is 0.442 e. The molecule has 0 saturated carbocycles. The Kier molecular flexibility index (Phi) is 7.07. The first-order chi connectivity index (χ1) is 16.3. The van der Waals surface area contributed by atoms with Gasteiger partial charge in [-0.25, -0.2) is 28.4 Å². The number of amides is 4. The van der Waals surface area contributed by atoms with E-state index in [-0.39, 0.29) is 56.6 Å². The summed E-state index contributed by atoms with van der Waals surface area (Å²) in [6.45, 7) is 1.80. The first-order valence-electron chi connectivity index (χ1n) is 10.4. The minimum atomic E-state index is -0.867. The van der Waals surface area contributed by atoms with Crippen LogP contribution in [0, 0.1) is 11.6 Å². The maximum Gasteiger partial charge on any atom is 0.414 e. The van der Waals surface area contributed by atoms with Crippen LogP contribution in [-0.4, -0.2) is 73.5 Å². The summed E-state index contributed by atoms with van der Waals surface area (Å²) in [7, 11) is 0. The van der Waals surface area contributed by atoms with Gasteiger partial charge in [0.15, 0.2) is 16.8 Å². The van der Waals surface area contributed by atoms with E-state index in [4.69, 9.17) is 9.57 Å². The van der Waals surface area contributed by atoms with Crippen LogP contribution in [0.5, 0.6) is 0 Å². The Morgan fingerprint density at radius 3 is 2.68 bits per heavy atom. The van der Waals surface area contributed by atoms with Crippen LogP contribution in [0.1, 0.15) is 6.92 Å². The number of hydrogen-bond donors (Lipinski definition) is 2. The van der Waals surface area contributed by atoms with Crippen LogP contribution >= 0.6 is 11.3 Å². The van der Waals surface area contributed by atoms with Gasteiger partial charge in [-0.1, -0.05) is 0 Å². The minimum Gasteiger partial charge on any atom is -0.442 e. The van der Waals surface area contributed by atoms with Crippen molar-refractivity contribution in [3.63, 3.8) is 0 Å². The van der Waals surface area contributed by atoms with Crippen molar-refractivity contribution in [3.05, 3.63) is 35.3 Å². The third-order valence-electron chi connectivity index (χ3n) is 5.14. The molecule has 14 heteroatoms. The molecule has 0 bridgehead atoms. The number of hydrogen-bond acceptors (Lipinski definition) is 8. The van der Waals surface area contributed by atoms with E-state index in [0.717, 1.165) is 22.1 Å². The lowest BCUT2D eigenvalue weighted by atomic mass is 10.2. The van der Waals surface area contributed by atoms with Crippen molar-refractivity contribution in [3.8, 4) is 0 Å². The van der Waals surface area contributed by atoms with Crippen LogP contribution in [0.2, 0.25) is 0 Å². The predicted octanol–water partition coefficient (Wildman–Crippen LogP) is 2.17. The zero-order chi connectivity index (χ0) is 24.2. The normalized spacial score (nSPS) is 18.5. The van der Waals surface area contributed by atoms with E-state index < -0.39 is 29.9 Å². The Labute approximate surface area is 197 Å². The predicted molar refractivity (Wildman–Crippen MR) is 119 cm³/mol. The van der Waals surface area contributed by atoms with Crippen molar-refractivity contribution in [2.75, 3.05) is 54.4 Å². The molecule has 3 heterocycles. The number of halogens is 2. The number of cyclic esters (lactones) is 1. The van der Waals surface area contributed by atoms with E-state index in [2.05, 4.69) is 15.6 Å². The lowest BCUT2D eigenvalue weighted by Crippen LogP contribution is -2.37. The minimum absolute atomic E-state index is 0.00426. The maximum atomic E-state index is 15.0. The highest BCUT2D eigenvalue weighted by molar-refractivity contribution is 7.13. The second-order valence-electron chi connectivity index (χ2n) is 7.50. The lowest BCUT2D eigenvalue weighted by molar-refractivity contribution is -0.119. The van der Waals surface area contributed by atoms with E-state index in [1.807, 2.05) is 0 Å². The topological polar surface area (TPSA) is 116 Å². The summed E-state index contributed by atoms with van der Waals surface area (Å²) in [4.78, 5) is 47.5. The summed E-state index contributed by atoms with van der Waals surface area (Å²) in [6.07, 6.45) is 0.157. The molecule has 182 valence electrons. The van der Waals surface area contributed by atoms with Gasteiger partial charge in [0.2, 0.25) is 5.91 Å². The molecule has 2 N–H and O–H groups in total. The van der Waals surface area contributed by atoms with Crippen molar-refractivity contribution in [2.24, 2.45) is 0 Å². The standard InChI is InChI=1S/C20H22F2N6O5S/c1-12(29)24-10-14-11-27(20(31)33-14)13-8-15(21)17(16(22)9-13)26-3-4-28(32-6-5-26)19(30)25-18-23-2-7-34-18/h2,7-9,14H,3-6,10-11H2,1H3,(H,24,29)(H,23,25,30)/t14-/m0/s1. The fourth-order valence-corrected chi connectivity index (χ4v) is 4.10. The number of anilines is 3. The van der Waals surface area contributed by atoms with Crippen LogP contribution in [0.15, 0.2) is 23.7 Å². The highest BCUT2D eigenvalue weighted by Crippen LogP contribution is 2.31. The summed E-state index contributed by atoms with van der Waals surface area (Å²) in [5, 5.41) is 8.33. The van der Waals surface area contributed by atoms with Gasteiger partial charge in [-0.3, -0.25) is 19.8 Å². The molecule has 11 nitrogen and oxygen atoms in total. The third-order valence-corrected chi connectivity index (χ3v) is 5.82. The second kappa shape index (κ2) is 10.2. The van der Waals surface area contributed by atoms with E-state index in [1.165, 1.54) is 23.2 Å². The lowest BCUT2D eigenvalue weighted by Gasteiger charge is -2.24. The summed E-state index contributed by atoms with van der Waals surface area (Å²) in [5.74, 6) is -2.01. The van der Waals surface area contributed by atoms with Crippen LogP contribution in [0.25, 0.3) is 0 Å². The molecule has 1 aromatic heterocycles. The molecular weight excluding hydrogens is 474 g/mol. The summed E-state index contributed by atoms with van der Waals surface area (Å²) in [6, 6.07) is 1.58. The number of urea groups is 1. The third kappa shape index (κ3) is 5.34. The van der Waals surface area contributed by atoms with Gasteiger partial charge in [-0.05, 0) is 0 Å². The van der Waals surface area contributed by atoms with Gasteiger partial charge in [-0.15, -0.1) is 11.3 Å². The Morgan fingerprint density at radius 1 is 1.24 bits per heavy atom. The molecule has 1 aromatic carbocycles. The van der Waals surface area contributed by atoms with E-state index in [9.17, 15) is 14.4 Å². The quantitative estimate of drug-likeness (QED) is 0.652. The van der Waals surface area contributed by atoms with Crippen molar-refractivity contribution in [2.45, 2.75) is 13.0 Å². The molecule has 2 aromatic rings. The van der Waals surface area contributed by atoms with E-state index in [0.29, 0.717) is 5.13 Å². The number of rotatable bonds is 5. The first kappa shape index (κ1) is 23.6. The molecule has 2 saturated heterocycles. The monoisotopic (exact) mass is 496 g/mol. The number of carbonyl (C=O) groups is 3. The Bertz CT molecular complexity index is 1050. The van der Waals surface area contributed by atoms with Gasteiger partial charge in [0.05, 0.1) is 31.9 Å². The fraction of sp³-hybridized carbons (Fsp3) is 0.400. The number of aromatic nitrogens is 1. The SMILES string of the molecule is CC(=O)NC[C@H]1CN(c2cc(F)c(N3CCON(C(=O)Nc4nccs4)CC3)c(F)c2)C(=O)O1. The average molecular weight is 496 g/mol. The van der Waals surface area contributed by atoms with E-state index >= 15 is 8.78 Å². The molecule has 0 aliphatic carbocycles. The molecule has 4 rings (SSSR count). The molecule has 2 aliphatic heterocycles. The van der Waals surface area contributed by atoms with Gasteiger partial charge >= 0.3 is 12.1 Å². The number of ether oxygens (including phenoxy) is 1.